The summed E-state index contributed by atoms with van der Waals surface area (Å²) in [5.74, 6) is 0. The molecule has 0 amide bonds. The molecule has 137 heavy (non-hydrogen) atoms. The van der Waals surface area contributed by atoms with Gasteiger partial charge in [-0.3, -0.25) is 0 Å². The van der Waals surface area contributed by atoms with E-state index in [0.29, 0.717) is 0 Å². The van der Waals surface area contributed by atoms with Crippen LogP contribution in [0.2, 0.25) is 0 Å². The second-order valence-electron chi connectivity index (χ2n) is 47.8. The topological polar surface area (TPSA) is 0 Å². The minimum Gasteiger partial charge on any atom is -0.0620 e. The molecule has 0 saturated heterocycles. The summed E-state index contributed by atoms with van der Waals surface area (Å²) in [7, 11) is 0. The number of hydrogen-bond acceptors (Lipinski definition) is 0. The van der Waals surface area contributed by atoms with Crippen LogP contribution in [0.1, 0.15) is 244 Å². The van der Waals surface area contributed by atoms with Gasteiger partial charge in [0.15, 0.2) is 0 Å². The zero-order valence-electron chi connectivity index (χ0n) is 86.1. The lowest BCUT2D eigenvalue weighted by molar-refractivity contribution is 0.590. The summed E-state index contributed by atoms with van der Waals surface area (Å²) in [6, 6.07) is 144. The molecule has 0 unspecified atom stereocenters. The fraction of sp³-hybridized carbons (Fsp3) is 0.255. The smallest absolute Gasteiger partial charge is 0.0620 e. The van der Waals surface area contributed by atoms with E-state index >= 15 is 0 Å². The Kier molecular flexibility index (Phi) is 24.3. The maximum absolute atomic E-state index is 2.63. The summed E-state index contributed by atoms with van der Waals surface area (Å²) in [5.41, 5.74) is 48.6. The average Bonchev–Trinajstić information content (AvgIpc) is 1.52. The van der Waals surface area contributed by atoms with Gasteiger partial charge in [0.1, 0.15) is 0 Å². The first-order valence-electron chi connectivity index (χ1n) is 49.8. The van der Waals surface area contributed by atoms with E-state index in [1.54, 1.807) is 0 Å². The normalized spacial score (nSPS) is 13.1. The van der Waals surface area contributed by atoms with Crippen molar-refractivity contribution in [3.05, 3.63) is 442 Å². The Balaban J connectivity index is 1.02. The summed E-state index contributed by atoms with van der Waals surface area (Å²) in [6.07, 6.45) is 0. The Morgan fingerprint density at radius 2 is 0.336 bits per heavy atom. The summed E-state index contributed by atoms with van der Waals surface area (Å²) < 4.78 is 0. The van der Waals surface area contributed by atoms with Gasteiger partial charge >= 0.3 is 0 Å². The Labute approximate surface area is 820 Å². The standard InChI is InChI=1S/C137H138/c1-87-34-67-126-125(68-87)128-124(123-31-28-27-30-88(123)2)32-29-33-127(128)137(126,121-83-109(105-73-97(89-35-51-113(52-36-89)129(3,4)5)69-98(74-105)90-37-53-114(54-38-90)130(6,7)8)81-110(84-121)106-75-99(91-39-55-115(56-40-91)131(9,10)11)70-100(76-106)92-41-57-116(58-42-92)132(12,13)14)122-85-111(107-77-101(93-43-59-117(60-44-93)133(15,16)17)71-102(78-107)94-45-61-118(62-46-94)134(18,19)20)82-112(86-122)108-79-103(95-47-63-119(64-48-95)135(21,22)23)72-104(80-108)96-49-65-120(66-50-96)136(24,25)26/h27-86H,1-26H3. The maximum Gasteiger partial charge on any atom is 0.0714 e. The van der Waals surface area contributed by atoms with Gasteiger partial charge in [-0.05, 0) is 394 Å². The fourth-order valence-corrected chi connectivity index (χ4v) is 20.5. The fourth-order valence-electron chi connectivity index (χ4n) is 20.5. The minimum atomic E-state index is -1.07. The van der Waals surface area contributed by atoms with Crippen LogP contribution in [0.25, 0.3) is 156 Å². The highest BCUT2D eigenvalue weighted by atomic mass is 14.5. The highest BCUT2D eigenvalue weighted by Gasteiger charge is 2.48. The van der Waals surface area contributed by atoms with Gasteiger partial charge in [-0.25, -0.2) is 0 Å². The van der Waals surface area contributed by atoms with Crippen LogP contribution >= 0.6 is 0 Å². The second kappa shape index (κ2) is 35.4. The third kappa shape index (κ3) is 19.3. The van der Waals surface area contributed by atoms with Gasteiger partial charge in [0, 0.05) is 0 Å². The van der Waals surface area contributed by atoms with Crippen LogP contribution in [0.3, 0.4) is 0 Å². The molecule has 0 fully saturated rings. The number of fused-ring (bicyclic) bond motifs is 3. The van der Waals surface area contributed by atoms with E-state index in [1.165, 1.54) is 134 Å². The first-order valence-corrected chi connectivity index (χ1v) is 49.8. The number of aryl methyl sites for hydroxylation is 2. The minimum absolute atomic E-state index is 0.0389. The van der Waals surface area contributed by atoms with Crippen LogP contribution < -0.4 is 0 Å². The lowest BCUT2D eigenvalue weighted by Gasteiger charge is -2.36. The molecular formula is C137H138. The van der Waals surface area contributed by atoms with Crippen LogP contribution in [-0.4, -0.2) is 0 Å². The summed E-state index contributed by atoms with van der Waals surface area (Å²) in [4.78, 5) is 0. The molecule has 1 aliphatic rings. The molecule has 1 aliphatic carbocycles. The third-order valence-electron chi connectivity index (χ3n) is 29.2. The third-order valence-corrected chi connectivity index (χ3v) is 29.2. The van der Waals surface area contributed by atoms with Crippen LogP contribution in [0.4, 0.5) is 0 Å². The molecule has 686 valence electrons. The van der Waals surface area contributed by atoms with Crippen molar-refractivity contribution in [2.24, 2.45) is 0 Å². The number of hydrogen-bond donors (Lipinski definition) is 0. The molecule has 0 bridgehead atoms. The van der Waals surface area contributed by atoms with Crippen molar-refractivity contribution in [1.82, 2.24) is 0 Å². The van der Waals surface area contributed by atoms with Crippen molar-refractivity contribution in [3.8, 4) is 156 Å². The summed E-state index contributed by atoms with van der Waals surface area (Å²) in [5, 5.41) is 0. The van der Waals surface area contributed by atoms with E-state index in [4.69, 9.17) is 0 Å². The van der Waals surface area contributed by atoms with Gasteiger partial charge in [0.2, 0.25) is 0 Å². The van der Waals surface area contributed by atoms with E-state index in [9.17, 15) is 0 Å². The molecule has 18 rings (SSSR count). The van der Waals surface area contributed by atoms with Gasteiger partial charge < -0.3 is 0 Å². The SMILES string of the molecule is Cc1ccc2c(c1)-c1c(-c3ccccc3C)cccc1C2(c1cc(-c2cc(-c3ccc(C(C)(C)C)cc3)cc(-c3ccc(C(C)(C)C)cc3)c2)cc(-c2cc(-c3ccc(C(C)(C)C)cc3)cc(-c3ccc(C(C)(C)C)cc3)c2)c1)c1cc(-c2cc(-c3ccc(C(C)(C)C)cc3)cc(-c3ccc(C(C)(C)C)cc3)c2)cc(-c2cc(-c3ccc(C(C)(C)C)cc3)cc(-c3ccc(C(C)(C)C)cc3)c2)c1. The molecule has 0 nitrogen and oxygen atoms in total. The zero-order chi connectivity index (χ0) is 97.2. The monoisotopic (exact) mass is 1780 g/mol. The quantitative estimate of drug-likeness (QED) is 0.0960. The van der Waals surface area contributed by atoms with E-state index in [-0.39, 0.29) is 43.3 Å². The van der Waals surface area contributed by atoms with Crippen LogP contribution in [0, 0.1) is 13.8 Å². The van der Waals surface area contributed by atoms with Gasteiger partial charge in [0.05, 0.1) is 5.41 Å². The van der Waals surface area contributed by atoms with Crippen LogP contribution in [0.15, 0.2) is 364 Å². The van der Waals surface area contributed by atoms with Crippen LogP contribution in [0.5, 0.6) is 0 Å². The lowest BCUT2D eigenvalue weighted by Crippen LogP contribution is -2.29. The zero-order valence-corrected chi connectivity index (χ0v) is 86.1. The Morgan fingerprint density at radius 1 is 0.146 bits per heavy atom. The molecule has 0 saturated carbocycles. The highest BCUT2D eigenvalue weighted by Crippen LogP contribution is 2.61. The molecule has 0 spiro atoms. The molecule has 17 aromatic carbocycles. The first kappa shape index (κ1) is 94.1. The Hall–Kier alpha value is -13.3. The van der Waals surface area contributed by atoms with Gasteiger partial charge in [0.25, 0.3) is 0 Å². The summed E-state index contributed by atoms with van der Waals surface area (Å²) >= 11 is 0. The van der Waals surface area contributed by atoms with Crippen LogP contribution in [-0.2, 0) is 48.7 Å². The second-order valence-corrected chi connectivity index (χ2v) is 47.8. The molecule has 17 aromatic rings. The summed E-state index contributed by atoms with van der Waals surface area (Å²) in [6.45, 7) is 60.2. The van der Waals surface area contributed by atoms with Crippen molar-refractivity contribution in [2.45, 2.75) is 229 Å². The Bertz CT molecular complexity index is 6350. The molecule has 0 radical (unpaired) electrons. The van der Waals surface area contributed by atoms with Crippen molar-refractivity contribution in [2.75, 3.05) is 0 Å². The van der Waals surface area contributed by atoms with Gasteiger partial charge in [-0.1, -0.05) is 427 Å². The largest absolute Gasteiger partial charge is 0.0714 e. The molecule has 0 atom stereocenters. The van der Waals surface area contributed by atoms with Crippen molar-refractivity contribution in [1.29, 1.82) is 0 Å². The van der Waals surface area contributed by atoms with E-state index in [2.05, 4.69) is 544 Å². The first-order chi connectivity index (χ1) is 64.6. The van der Waals surface area contributed by atoms with E-state index in [0.717, 1.165) is 100 Å². The van der Waals surface area contributed by atoms with Crippen molar-refractivity contribution in [3.63, 3.8) is 0 Å². The lowest BCUT2D eigenvalue weighted by atomic mass is 9.65. The highest BCUT2D eigenvalue weighted by molar-refractivity contribution is 5.99. The predicted octanol–water partition coefficient (Wildman–Crippen LogP) is 38.7. The van der Waals surface area contributed by atoms with Gasteiger partial charge in [-0.2, -0.15) is 0 Å². The average molecular weight is 1780 g/mol. The molecule has 0 heterocycles. The van der Waals surface area contributed by atoms with E-state index < -0.39 is 5.41 Å². The molecule has 0 heteroatoms. The van der Waals surface area contributed by atoms with Gasteiger partial charge in [-0.15, -0.1) is 0 Å². The molecule has 0 aliphatic heterocycles. The number of rotatable bonds is 15. The van der Waals surface area contributed by atoms with Crippen molar-refractivity contribution >= 4 is 0 Å². The van der Waals surface area contributed by atoms with Crippen molar-refractivity contribution < 1.29 is 0 Å². The number of benzene rings is 17. The predicted molar refractivity (Wildman–Crippen MR) is 593 cm³/mol. The molecular weight excluding hydrogens is 1650 g/mol. The molecule has 0 aromatic heterocycles. The maximum atomic E-state index is 2.63. The molecule has 0 N–H and O–H groups in total. The Morgan fingerprint density at radius 3 is 0.540 bits per heavy atom. The van der Waals surface area contributed by atoms with E-state index in [1.807, 2.05) is 0 Å².